The van der Waals surface area contributed by atoms with Gasteiger partial charge in [0.2, 0.25) is 5.88 Å². The number of hydrogen-bond acceptors (Lipinski definition) is 4. The van der Waals surface area contributed by atoms with Crippen LogP contribution in [0.4, 0.5) is 0 Å². The Hall–Kier alpha value is -2.07. The average molecular weight is 272 g/mol. The van der Waals surface area contributed by atoms with E-state index >= 15 is 0 Å². The largest absolute Gasteiger partial charge is 0.493 e. The first kappa shape index (κ1) is 14.3. The molecule has 1 aromatic heterocycles. The summed E-state index contributed by atoms with van der Waals surface area (Å²) < 4.78 is 11.3. The number of rotatable bonds is 6. The summed E-state index contributed by atoms with van der Waals surface area (Å²) >= 11 is 0. The van der Waals surface area contributed by atoms with Gasteiger partial charge in [0.25, 0.3) is 0 Å². The van der Waals surface area contributed by atoms with Crippen LogP contribution in [0.5, 0.6) is 17.4 Å². The van der Waals surface area contributed by atoms with Crippen LogP contribution < -0.4 is 14.8 Å². The monoisotopic (exact) mass is 272 g/mol. The first-order valence-electron chi connectivity index (χ1n) is 6.71. The van der Waals surface area contributed by atoms with Crippen molar-refractivity contribution in [2.75, 3.05) is 14.2 Å². The van der Waals surface area contributed by atoms with Crippen LogP contribution in [0.15, 0.2) is 36.5 Å². The average Bonchev–Trinajstić information content (AvgIpc) is 2.50. The summed E-state index contributed by atoms with van der Waals surface area (Å²) in [6.07, 6.45) is 2.69. The number of hydrogen-bond donors (Lipinski definition) is 1. The van der Waals surface area contributed by atoms with E-state index in [0.29, 0.717) is 18.2 Å². The quantitative estimate of drug-likeness (QED) is 0.877. The fraction of sp³-hybridized carbons (Fsp3) is 0.312. The maximum atomic E-state index is 5.91. The number of benzene rings is 1. The van der Waals surface area contributed by atoms with Crippen molar-refractivity contribution in [3.8, 4) is 17.4 Å². The van der Waals surface area contributed by atoms with Gasteiger partial charge in [-0.15, -0.1) is 0 Å². The van der Waals surface area contributed by atoms with Crippen LogP contribution in [0.3, 0.4) is 0 Å². The topological polar surface area (TPSA) is 43.4 Å². The minimum Gasteiger partial charge on any atom is -0.493 e. The van der Waals surface area contributed by atoms with E-state index in [2.05, 4.69) is 17.2 Å². The van der Waals surface area contributed by atoms with E-state index in [1.54, 1.807) is 13.3 Å². The third-order valence-corrected chi connectivity index (χ3v) is 3.06. The van der Waals surface area contributed by atoms with Crippen LogP contribution in [-0.2, 0) is 13.0 Å². The molecular formula is C16H20N2O2. The number of ether oxygens (including phenoxy) is 2. The van der Waals surface area contributed by atoms with Crippen molar-refractivity contribution in [2.24, 2.45) is 0 Å². The zero-order valence-corrected chi connectivity index (χ0v) is 12.1. The summed E-state index contributed by atoms with van der Waals surface area (Å²) in [6.45, 7) is 2.82. The van der Waals surface area contributed by atoms with Gasteiger partial charge >= 0.3 is 0 Å². The van der Waals surface area contributed by atoms with Gasteiger partial charge in [-0.3, -0.25) is 0 Å². The fourth-order valence-electron chi connectivity index (χ4n) is 1.96. The van der Waals surface area contributed by atoms with Crippen molar-refractivity contribution in [1.29, 1.82) is 0 Å². The number of pyridine rings is 1. The molecule has 1 N–H and O–H groups in total. The smallest absolute Gasteiger partial charge is 0.223 e. The van der Waals surface area contributed by atoms with E-state index in [-0.39, 0.29) is 0 Å². The Bertz CT molecular complexity index is 570. The number of aromatic nitrogens is 1. The van der Waals surface area contributed by atoms with Crippen LogP contribution in [0.25, 0.3) is 0 Å². The molecule has 0 spiro atoms. The van der Waals surface area contributed by atoms with Gasteiger partial charge in [0.15, 0.2) is 11.5 Å². The van der Waals surface area contributed by atoms with Gasteiger partial charge < -0.3 is 14.8 Å². The lowest BCUT2D eigenvalue weighted by atomic mass is 10.1. The van der Waals surface area contributed by atoms with Crippen LogP contribution in [0.2, 0.25) is 0 Å². The molecule has 0 aliphatic heterocycles. The lowest BCUT2D eigenvalue weighted by Gasteiger charge is -2.13. The molecule has 2 aromatic rings. The highest BCUT2D eigenvalue weighted by molar-refractivity contribution is 5.45. The van der Waals surface area contributed by atoms with Crippen molar-refractivity contribution in [2.45, 2.75) is 19.9 Å². The standard InChI is InChI=1S/C16H20N2O2/c1-4-12-7-8-14(15(10-12)19-3)20-16-13(11-17-2)6-5-9-18-16/h5-10,17H,4,11H2,1-3H3. The van der Waals surface area contributed by atoms with E-state index < -0.39 is 0 Å². The molecule has 1 heterocycles. The highest BCUT2D eigenvalue weighted by atomic mass is 16.5. The number of nitrogens with one attached hydrogen (secondary N) is 1. The summed E-state index contributed by atoms with van der Waals surface area (Å²) in [4.78, 5) is 4.29. The predicted molar refractivity (Wildman–Crippen MR) is 79.4 cm³/mol. The Morgan fingerprint density at radius 3 is 2.75 bits per heavy atom. The lowest BCUT2D eigenvalue weighted by Crippen LogP contribution is -2.07. The zero-order valence-electron chi connectivity index (χ0n) is 12.1. The molecule has 0 amide bonds. The zero-order chi connectivity index (χ0) is 14.4. The molecule has 1 aromatic carbocycles. The van der Waals surface area contributed by atoms with Crippen molar-refractivity contribution in [3.05, 3.63) is 47.7 Å². The van der Waals surface area contributed by atoms with Gasteiger partial charge in [-0.25, -0.2) is 4.98 Å². The number of nitrogens with zero attached hydrogens (tertiary/aromatic N) is 1. The van der Waals surface area contributed by atoms with Crippen LogP contribution in [-0.4, -0.2) is 19.1 Å². The second kappa shape index (κ2) is 6.91. The third kappa shape index (κ3) is 3.27. The molecule has 0 unspecified atom stereocenters. The summed E-state index contributed by atoms with van der Waals surface area (Å²) in [5.74, 6) is 2.01. The molecular weight excluding hydrogens is 252 g/mol. The molecule has 0 fully saturated rings. The molecule has 4 heteroatoms. The van der Waals surface area contributed by atoms with E-state index in [4.69, 9.17) is 9.47 Å². The first-order chi connectivity index (χ1) is 9.78. The second-order valence-corrected chi connectivity index (χ2v) is 4.44. The molecule has 0 aliphatic rings. The Kier molecular flexibility index (Phi) is 4.96. The van der Waals surface area contributed by atoms with E-state index in [0.717, 1.165) is 17.7 Å². The first-order valence-corrected chi connectivity index (χ1v) is 6.71. The molecule has 0 radical (unpaired) electrons. The van der Waals surface area contributed by atoms with Gasteiger partial charge in [0, 0.05) is 18.3 Å². The maximum absolute atomic E-state index is 5.91. The second-order valence-electron chi connectivity index (χ2n) is 4.44. The Morgan fingerprint density at radius 2 is 2.05 bits per heavy atom. The minimum atomic E-state index is 0.601. The van der Waals surface area contributed by atoms with E-state index in [1.807, 2.05) is 37.4 Å². The van der Waals surface area contributed by atoms with E-state index in [9.17, 15) is 0 Å². The van der Waals surface area contributed by atoms with Gasteiger partial charge in [-0.1, -0.05) is 19.1 Å². The van der Waals surface area contributed by atoms with Crippen molar-refractivity contribution in [3.63, 3.8) is 0 Å². The molecule has 0 atom stereocenters. The molecule has 106 valence electrons. The minimum absolute atomic E-state index is 0.601. The summed E-state index contributed by atoms with van der Waals surface area (Å²) in [7, 11) is 3.54. The van der Waals surface area contributed by atoms with Crippen LogP contribution in [0.1, 0.15) is 18.1 Å². The predicted octanol–water partition coefficient (Wildman–Crippen LogP) is 3.16. The lowest BCUT2D eigenvalue weighted by molar-refractivity contribution is 0.371. The third-order valence-electron chi connectivity index (χ3n) is 3.06. The molecule has 0 saturated carbocycles. The van der Waals surface area contributed by atoms with Gasteiger partial charge in [-0.2, -0.15) is 0 Å². The number of aryl methyl sites for hydroxylation is 1. The summed E-state index contributed by atoms with van der Waals surface area (Å²) in [6, 6.07) is 9.85. The van der Waals surface area contributed by atoms with Gasteiger partial charge in [0.1, 0.15) is 0 Å². The normalized spacial score (nSPS) is 10.3. The van der Waals surface area contributed by atoms with Crippen LogP contribution >= 0.6 is 0 Å². The fourth-order valence-corrected chi connectivity index (χ4v) is 1.96. The molecule has 0 saturated heterocycles. The maximum Gasteiger partial charge on any atom is 0.223 e. The van der Waals surface area contributed by atoms with Crippen molar-refractivity contribution >= 4 is 0 Å². The van der Waals surface area contributed by atoms with Crippen molar-refractivity contribution < 1.29 is 9.47 Å². The Labute approximate surface area is 119 Å². The molecule has 20 heavy (non-hydrogen) atoms. The Balaban J connectivity index is 2.30. The van der Waals surface area contributed by atoms with Crippen LogP contribution in [0, 0.1) is 0 Å². The summed E-state index contributed by atoms with van der Waals surface area (Å²) in [5.41, 5.74) is 2.22. The van der Waals surface area contributed by atoms with Crippen molar-refractivity contribution in [1.82, 2.24) is 10.3 Å². The summed E-state index contributed by atoms with van der Waals surface area (Å²) in [5, 5.41) is 3.11. The highest BCUT2D eigenvalue weighted by Crippen LogP contribution is 2.32. The highest BCUT2D eigenvalue weighted by Gasteiger charge is 2.10. The van der Waals surface area contributed by atoms with E-state index in [1.165, 1.54) is 5.56 Å². The van der Waals surface area contributed by atoms with Gasteiger partial charge in [-0.05, 0) is 37.2 Å². The molecule has 0 bridgehead atoms. The molecule has 4 nitrogen and oxygen atoms in total. The molecule has 2 rings (SSSR count). The molecule has 0 aliphatic carbocycles. The Morgan fingerprint density at radius 1 is 1.20 bits per heavy atom. The van der Waals surface area contributed by atoms with Gasteiger partial charge in [0.05, 0.1) is 7.11 Å². The number of methoxy groups -OCH3 is 1. The SMILES string of the molecule is CCc1ccc(Oc2ncccc2CNC)c(OC)c1.